The number of hydrogen-bond donors (Lipinski definition) is 0. The molecule has 0 N–H and O–H groups in total. The van der Waals surface area contributed by atoms with E-state index in [1.807, 2.05) is 6.92 Å². The highest BCUT2D eigenvalue weighted by Crippen LogP contribution is 2.06. The molecule has 0 amide bonds. The van der Waals surface area contributed by atoms with Crippen LogP contribution in [0.5, 0.6) is 0 Å². The fourth-order valence-corrected chi connectivity index (χ4v) is 0.412. The Morgan fingerprint density at radius 1 is 1.56 bits per heavy atom. The predicted octanol–water partition coefficient (Wildman–Crippen LogP) is 1.97. The Balaban J connectivity index is 4.28. The zero-order valence-corrected chi connectivity index (χ0v) is 5.97. The second-order valence-electron chi connectivity index (χ2n) is 1.98. The number of hydrogen-bond acceptors (Lipinski definition) is 2. The third kappa shape index (κ3) is 2.26. The second-order valence-corrected chi connectivity index (χ2v) is 1.98. The lowest BCUT2D eigenvalue weighted by Crippen LogP contribution is -1.96. The molecule has 0 saturated carbocycles. The van der Waals surface area contributed by atoms with Crippen molar-refractivity contribution in [1.82, 2.24) is 0 Å². The molecule has 52 valence electrons. The molecule has 0 aliphatic carbocycles. The summed E-state index contributed by atoms with van der Waals surface area (Å²) in [7, 11) is 0. The molecule has 0 rings (SSSR count). The van der Waals surface area contributed by atoms with Crippen LogP contribution in [0.1, 0.15) is 27.2 Å². The Labute approximate surface area is 54.5 Å². The summed E-state index contributed by atoms with van der Waals surface area (Å²) in [5.41, 5.74) is 1.12. The average molecular weight is 129 g/mol. The van der Waals surface area contributed by atoms with E-state index in [-0.39, 0.29) is 10.6 Å². The van der Waals surface area contributed by atoms with Crippen LogP contribution in [-0.2, 0) is 0 Å². The first-order valence-corrected chi connectivity index (χ1v) is 2.90. The van der Waals surface area contributed by atoms with Gasteiger partial charge in [0.25, 0.3) is 0 Å². The summed E-state index contributed by atoms with van der Waals surface area (Å²) in [6.45, 7) is 5.21. The van der Waals surface area contributed by atoms with Gasteiger partial charge in [0.15, 0.2) is 0 Å². The van der Waals surface area contributed by atoms with Crippen LogP contribution in [0, 0.1) is 10.1 Å². The molecule has 0 aliphatic rings. The van der Waals surface area contributed by atoms with E-state index >= 15 is 0 Å². The molecule has 0 heterocycles. The Kier molecular flexibility index (Phi) is 2.91. The molecule has 0 saturated heterocycles. The third-order valence-corrected chi connectivity index (χ3v) is 1.42. The molecule has 0 aromatic heterocycles. The van der Waals surface area contributed by atoms with E-state index in [4.69, 9.17) is 0 Å². The molecule has 0 aliphatic heterocycles. The van der Waals surface area contributed by atoms with Crippen molar-refractivity contribution in [1.29, 1.82) is 0 Å². The summed E-state index contributed by atoms with van der Waals surface area (Å²) in [6.07, 6.45) is 0.757. The van der Waals surface area contributed by atoms with Crippen molar-refractivity contribution >= 4 is 0 Å². The minimum absolute atomic E-state index is 0.275. The third-order valence-electron chi connectivity index (χ3n) is 1.42. The van der Waals surface area contributed by atoms with Crippen molar-refractivity contribution in [3.05, 3.63) is 21.4 Å². The molecule has 0 aromatic carbocycles. The van der Waals surface area contributed by atoms with Crippen LogP contribution in [0.15, 0.2) is 11.3 Å². The molecule has 0 atom stereocenters. The smallest absolute Gasteiger partial charge is 0.242 e. The molecule has 0 fully saturated rings. The van der Waals surface area contributed by atoms with Gasteiger partial charge in [-0.1, -0.05) is 6.92 Å². The average Bonchev–Trinajstić information content (AvgIpc) is 1.84. The predicted molar refractivity (Wildman–Crippen MR) is 35.7 cm³/mol. The first-order valence-electron chi connectivity index (χ1n) is 2.90. The van der Waals surface area contributed by atoms with Gasteiger partial charge in [-0.2, -0.15) is 0 Å². The van der Waals surface area contributed by atoms with E-state index < -0.39 is 0 Å². The summed E-state index contributed by atoms with van der Waals surface area (Å²) in [5.74, 6) is 0. The van der Waals surface area contributed by atoms with Crippen LogP contribution in [0.3, 0.4) is 0 Å². The van der Waals surface area contributed by atoms with E-state index in [1.54, 1.807) is 6.92 Å². The van der Waals surface area contributed by atoms with Crippen LogP contribution in [0.2, 0.25) is 0 Å². The first-order chi connectivity index (χ1) is 4.09. The largest absolute Gasteiger partial charge is 0.259 e. The van der Waals surface area contributed by atoms with Crippen molar-refractivity contribution in [2.75, 3.05) is 0 Å². The van der Waals surface area contributed by atoms with Gasteiger partial charge >= 0.3 is 0 Å². The lowest BCUT2D eigenvalue weighted by Gasteiger charge is -1.93. The Hall–Kier alpha value is -0.860. The molecule has 3 heteroatoms. The lowest BCUT2D eigenvalue weighted by molar-refractivity contribution is -0.425. The molecule has 0 bridgehead atoms. The van der Waals surface area contributed by atoms with Gasteiger partial charge in [0.1, 0.15) is 0 Å². The van der Waals surface area contributed by atoms with Crippen LogP contribution in [0.25, 0.3) is 0 Å². The van der Waals surface area contributed by atoms with E-state index in [9.17, 15) is 10.1 Å². The highest BCUT2D eigenvalue weighted by molar-refractivity contribution is 5.00. The first kappa shape index (κ1) is 8.14. The van der Waals surface area contributed by atoms with Crippen LogP contribution >= 0.6 is 0 Å². The fraction of sp³-hybridized carbons (Fsp3) is 0.667. The fourth-order valence-electron chi connectivity index (χ4n) is 0.412. The highest BCUT2D eigenvalue weighted by Gasteiger charge is 2.04. The summed E-state index contributed by atoms with van der Waals surface area (Å²) in [4.78, 5) is 9.70. The SMILES string of the molecule is CCC(C)=C(C)[N+](=O)[O-]. The summed E-state index contributed by atoms with van der Waals surface area (Å²) >= 11 is 0. The Morgan fingerprint density at radius 2 is 2.00 bits per heavy atom. The van der Waals surface area contributed by atoms with Crippen molar-refractivity contribution in [2.24, 2.45) is 0 Å². The van der Waals surface area contributed by atoms with Crippen LogP contribution in [-0.4, -0.2) is 4.92 Å². The van der Waals surface area contributed by atoms with Gasteiger partial charge in [-0.15, -0.1) is 0 Å². The maximum absolute atomic E-state index is 10.0. The van der Waals surface area contributed by atoms with Crippen LogP contribution < -0.4 is 0 Å². The van der Waals surface area contributed by atoms with Crippen molar-refractivity contribution < 1.29 is 4.92 Å². The maximum Gasteiger partial charge on any atom is 0.242 e. The van der Waals surface area contributed by atoms with Gasteiger partial charge in [0.2, 0.25) is 5.70 Å². The summed E-state index contributed by atoms with van der Waals surface area (Å²) in [6, 6.07) is 0. The topological polar surface area (TPSA) is 43.1 Å². The van der Waals surface area contributed by atoms with Gasteiger partial charge in [-0.05, 0) is 18.9 Å². The Morgan fingerprint density at radius 3 is 2.11 bits per heavy atom. The molecule has 0 aromatic rings. The van der Waals surface area contributed by atoms with Gasteiger partial charge in [0.05, 0.1) is 4.92 Å². The summed E-state index contributed by atoms with van der Waals surface area (Å²) < 4.78 is 0. The van der Waals surface area contributed by atoms with E-state index in [1.165, 1.54) is 6.92 Å². The summed E-state index contributed by atoms with van der Waals surface area (Å²) in [5, 5.41) is 10.0. The van der Waals surface area contributed by atoms with Gasteiger partial charge < -0.3 is 0 Å². The normalized spacial score (nSPS) is 12.8. The molecule has 0 spiro atoms. The van der Waals surface area contributed by atoms with Gasteiger partial charge in [0, 0.05) is 6.92 Å². The quantitative estimate of drug-likeness (QED) is 0.422. The number of nitrogens with zero attached hydrogens (tertiary/aromatic N) is 1. The molecule has 3 nitrogen and oxygen atoms in total. The molecular weight excluding hydrogens is 118 g/mol. The minimum atomic E-state index is -0.348. The number of nitro groups is 1. The highest BCUT2D eigenvalue weighted by atomic mass is 16.6. The van der Waals surface area contributed by atoms with Crippen molar-refractivity contribution in [3.63, 3.8) is 0 Å². The van der Waals surface area contributed by atoms with E-state index in [0.717, 1.165) is 12.0 Å². The van der Waals surface area contributed by atoms with E-state index in [0.29, 0.717) is 0 Å². The number of allylic oxidation sites excluding steroid dienone is 2. The second kappa shape index (κ2) is 3.22. The zero-order valence-electron chi connectivity index (χ0n) is 5.97. The van der Waals surface area contributed by atoms with Crippen LogP contribution in [0.4, 0.5) is 0 Å². The molecular formula is C6H11NO2. The lowest BCUT2D eigenvalue weighted by atomic mass is 10.2. The van der Waals surface area contributed by atoms with Crippen molar-refractivity contribution in [3.8, 4) is 0 Å². The maximum atomic E-state index is 10.0. The molecule has 0 unspecified atom stereocenters. The minimum Gasteiger partial charge on any atom is -0.259 e. The van der Waals surface area contributed by atoms with E-state index in [2.05, 4.69) is 0 Å². The zero-order chi connectivity index (χ0) is 7.44. The van der Waals surface area contributed by atoms with Gasteiger partial charge in [-0.25, -0.2) is 0 Å². The molecule has 9 heavy (non-hydrogen) atoms. The molecule has 0 radical (unpaired) electrons. The number of rotatable bonds is 2. The standard InChI is InChI=1S/C6H11NO2/c1-4-5(2)6(3)7(8)9/h4H2,1-3H3. The van der Waals surface area contributed by atoms with Gasteiger partial charge in [-0.3, -0.25) is 10.1 Å². The van der Waals surface area contributed by atoms with Crippen molar-refractivity contribution in [2.45, 2.75) is 27.2 Å². The Bertz CT molecular complexity index is 149. The monoisotopic (exact) mass is 129 g/mol.